The van der Waals surface area contributed by atoms with E-state index in [-0.39, 0.29) is 24.3 Å². The van der Waals surface area contributed by atoms with Gasteiger partial charge < -0.3 is 170 Å². The zero-order valence-corrected chi connectivity index (χ0v) is 55.0. The summed E-state index contributed by atoms with van der Waals surface area (Å²) < 4.78 is 48.0. The summed E-state index contributed by atoms with van der Waals surface area (Å²) in [6, 6.07) is 3.40. The number of esters is 8. The van der Waals surface area contributed by atoms with E-state index >= 15 is 0 Å². The smallest absolute Gasteiger partial charge is 0.343 e. The Morgan fingerprint density at radius 1 is 0.330 bits per heavy atom. The number of phenols is 23. The minimum absolute atomic E-state index is 0.0813. The van der Waals surface area contributed by atoms with Gasteiger partial charge in [0.15, 0.2) is 158 Å². The Kier molecular flexibility index (Phi) is 21.1. The van der Waals surface area contributed by atoms with Gasteiger partial charge in [0.2, 0.25) is 34.5 Å². The van der Waals surface area contributed by atoms with E-state index in [1.807, 2.05) is 0 Å². The van der Waals surface area contributed by atoms with Gasteiger partial charge in [0.1, 0.15) is 31.0 Å². The molecule has 112 heavy (non-hydrogen) atoms. The maximum atomic E-state index is 14.8. The van der Waals surface area contributed by atoms with Gasteiger partial charge in [-0.3, -0.25) is 9.59 Å². The van der Waals surface area contributed by atoms with Gasteiger partial charge in [-0.1, -0.05) is 0 Å². The fraction of sp³-hybridized carbons (Fsp3) is 0.147. The lowest BCUT2D eigenvalue weighted by Crippen LogP contribution is -2.52. The molecule has 0 bridgehead atoms. The SMILES string of the molecule is O=C[C@@H](OC(=O)c1cc(O)c(O)c(O)c1)[C@H](OC(=O)c1cc(O)c(O)c(O)c1)[C@H]1OC(=O)c2cc(O)c(O)c(O)c2-c2c(cc(Oc3c(C(=O)O[C@H](C=O)[C@@H](OC(=O)c4cc(O)c(O)c(O)c4)[C@H]4OC(=O)c5cc(O)c(O)c(O)c5-c5c(cc(O)c(O)c5O)C(=O)OC[C@H]4O)cc(O)c(O)c3O)c(O)c2O)C(=O)OC[C@@H]1O. The van der Waals surface area contributed by atoms with E-state index in [0.717, 1.165) is 0 Å². The summed E-state index contributed by atoms with van der Waals surface area (Å²) in [6.45, 7) is -3.32. The summed E-state index contributed by atoms with van der Waals surface area (Å²) in [6.07, 6.45) is -24.4. The Morgan fingerprint density at radius 2 is 0.607 bits per heavy atom. The van der Waals surface area contributed by atoms with Crippen LogP contribution in [0.25, 0.3) is 22.3 Å². The Balaban J connectivity index is 1.07. The highest BCUT2D eigenvalue weighted by Gasteiger charge is 2.48. The number of hydrogen-bond donors (Lipinski definition) is 25. The Hall–Kier alpha value is -16.0. The Bertz CT molecular complexity index is 5280. The first-order valence-electron chi connectivity index (χ1n) is 30.6. The van der Waals surface area contributed by atoms with Crippen molar-refractivity contribution in [3.63, 3.8) is 0 Å². The van der Waals surface area contributed by atoms with E-state index in [1.54, 1.807) is 0 Å². The monoisotopic (exact) mass is 1570 g/mol. The average Bonchev–Trinajstić information content (AvgIpc) is 1.00. The summed E-state index contributed by atoms with van der Waals surface area (Å²) in [5.74, 6) is -53.3. The van der Waals surface area contributed by atoms with Gasteiger partial charge >= 0.3 is 47.8 Å². The van der Waals surface area contributed by atoms with E-state index in [2.05, 4.69) is 0 Å². The summed E-state index contributed by atoms with van der Waals surface area (Å²) in [5.41, 5.74) is -15.3. The van der Waals surface area contributed by atoms with Gasteiger partial charge in [-0.15, -0.1) is 0 Å². The number of carbonyl (C=O) groups is 10. The summed E-state index contributed by atoms with van der Waals surface area (Å²) in [7, 11) is 0. The molecule has 0 spiro atoms. The molecule has 0 unspecified atom stereocenters. The van der Waals surface area contributed by atoms with Crippen molar-refractivity contribution in [3.8, 4) is 166 Å². The fourth-order valence-electron chi connectivity index (χ4n) is 11.0. The molecule has 0 amide bonds. The number of rotatable bonds is 16. The minimum atomic E-state index is -3.08. The maximum absolute atomic E-state index is 14.8. The number of cyclic esters (lactones) is 4. The second kappa shape index (κ2) is 30.1. The number of aliphatic hydroxyl groups excluding tert-OH is 2. The quantitative estimate of drug-likeness (QED) is 0.0282. The molecule has 0 saturated carbocycles. The molecule has 0 radical (unpaired) electrons. The predicted octanol–water partition coefficient (Wildman–Crippen LogP) is 1.46. The molecule has 8 aromatic carbocycles. The van der Waals surface area contributed by atoms with Gasteiger partial charge in [-0.2, -0.15) is 0 Å². The molecule has 44 heteroatoms. The van der Waals surface area contributed by atoms with Crippen LogP contribution in [-0.2, 0) is 47.5 Å². The van der Waals surface area contributed by atoms with E-state index in [1.165, 1.54) is 0 Å². The van der Waals surface area contributed by atoms with E-state index < -0.39 is 333 Å². The molecule has 8 aromatic rings. The third kappa shape index (κ3) is 14.3. The highest BCUT2D eigenvalue weighted by Crippen LogP contribution is 2.57. The summed E-state index contributed by atoms with van der Waals surface area (Å²) in [5, 5.41) is 270. The normalized spacial score (nSPS) is 16.6. The second-order valence-corrected chi connectivity index (χ2v) is 23.5. The van der Waals surface area contributed by atoms with Gasteiger partial charge in [0.05, 0.1) is 38.9 Å². The summed E-state index contributed by atoms with van der Waals surface area (Å²) in [4.78, 5) is 141. The third-order valence-electron chi connectivity index (χ3n) is 16.5. The largest absolute Gasteiger partial charge is 0.504 e. The van der Waals surface area contributed by atoms with E-state index in [4.69, 9.17) is 42.6 Å². The van der Waals surface area contributed by atoms with E-state index in [9.17, 15) is 176 Å². The van der Waals surface area contributed by atoms with Crippen molar-refractivity contribution in [3.05, 3.63) is 111 Å². The Morgan fingerprint density at radius 3 is 0.946 bits per heavy atom. The highest BCUT2D eigenvalue weighted by atomic mass is 16.6. The van der Waals surface area contributed by atoms with Crippen molar-refractivity contribution in [1.82, 2.24) is 0 Å². The lowest BCUT2D eigenvalue weighted by molar-refractivity contribution is -0.142. The van der Waals surface area contributed by atoms with Crippen molar-refractivity contribution in [2.45, 2.75) is 48.8 Å². The number of ether oxygens (including phenoxy) is 9. The number of carbonyl (C=O) groups excluding carboxylic acids is 10. The van der Waals surface area contributed by atoms with Crippen LogP contribution in [0.1, 0.15) is 82.9 Å². The molecule has 0 aromatic heterocycles. The molecular weight excluding hydrogens is 1520 g/mol. The highest BCUT2D eigenvalue weighted by molar-refractivity contribution is 6.10. The van der Waals surface area contributed by atoms with Crippen LogP contribution in [0.15, 0.2) is 66.7 Å². The molecule has 2 heterocycles. The number of fused-ring (bicyclic) bond motifs is 6. The molecule has 0 aliphatic carbocycles. The van der Waals surface area contributed by atoms with Gasteiger partial charge in [-0.05, 0) is 54.6 Å². The zero-order chi connectivity index (χ0) is 82.6. The first-order valence-corrected chi connectivity index (χ1v) is 30.6. The lowest BCUT2D eigenvalue weighted by Gasteiger charge is -2.32. The number of aliphatic hydroxyl groups is 2. The van der Waals surface area contributed by atoms with Crippen LogP contribution in [0.5, 0.6) is 144 Å². The van der Waals surface area contributed by atoms with Crippen LogP contribution in [-0.4, -0.2) is 250 Å². The lowest BCUT2D eigenvalue weighted by atomic mass is 9.91. The molecule has 0 saturated heterocycles. The second-order valence-electron chi connectivity index (χ2n) is 23.5. The van der Waals surface area contributed by atoms with Crippen molar-refractivity contribution >= 4 is 60.3 Å². The standard InChI is InChI=1S/C68H50O44/c69-12-37(107-61(96)16-1-24(71)43(83)25(72)2-16)59(111-62(97)17-3-26(73)44(84)27(74)4-17)57-35(82)15-105-65(100)22-11-36(50(90)54(94)42(22)41-21(67(102)109-57)9-32(79)48(88)53(41)93)106-56-23(10-33(80)49(89)55(56)95)68(103)108-38(13-70)60(112-63(98)18-5-28(75)45(85)29(76)6-18)58-34(81)14-104-64(99)19-7-30(77)46(86)51(91)39(19)40-20(66(101)110-58)8-31(78)47(87)52(40)92/h1-13,34-35,37-38,57-60,71-95H,14-15H2/t34-,35+,37-,38-,57+,58+,59+,60-/m1/s1. The number of hydrogen-bond acceptors (Lipinski definition) is 44. The van der Waals surface area contributed by atoms with Gasteiger partial charge in [0.25, 0.3) is 0 Å². The first kappa shape index (κ1) is 78.6. The number of aldehydes is 2. The average molecular weight is 1570 g/mol. The topological polar surface area (TPSA) is 760 Å². The Labute approximate surface area is 616 Å². The van der Waals surface area contributed by atoms with Crippen LogP contribution < -0.4 is 4.74 Å². The predicted molar refractivity (Wildman–Crippen MR) is 348 cm³/mol. The fourth-order valence-corrected chi connectivity index (χ4v) is 11.0. The molecule has 2 aliphatic heterocycles. The molecular formula is C68H50O44. The van der Waals surface area contributed by atoms with Crippen molar-refractivity contribution in [2.24, 2.45) is 0 Å². The number of benzene rings is 8. The molecule has 44 nitrogen and oxygen atoms in total. The number of aromatic hydroxyl groups is 23. The zero-order valence-electron chi connectivity index (χ0n) is 55.0. The molecule has 10 rings (SSSR count). The van der Waals surface area contributed by atoms with Crippen LogP contribution in [0.2, 0.25) is 0 Å². The molecule has 25 N–H and O–H groups in total. The third-order valence-corrected chi connectivity index (χ3v) is 16.5. The van der Waals surface area contributed by atoms with Crippen molar-refractivity contribution < 1.29 is 218 Å². The van der Waals surface area contributed by atoms with Crippen LogP contribution >= 0.6 is 0 Å². The maximum Gasteiger partial charge on any atom is 0.343 e. The van der Waals surface area contributed by atoms with Gasteiger partial charge in [-0.25, -0.2) is 38.4 Å². The molecule has 0 fully saturated rings. The first-order chi connectivity index (χ1) is 52.6. The summed E-state index contributed by atoms with van der Waals surface area (Å²) >= 11 is 0. The van der Waals surface area contributed by atoms with Crippen LogP contribution in [0, 0.1) is 0 Å². The minimum Gasteiger partial charge on any atom is -0.504 e. The van der Waals surface area contributed by atoms with Crippen LogP contribution in [0.3, 0.4) is 0 Å². The van der Waals surface area contributed by atoms with Crippen LogP contribution in [0.4, 0.5) is 0 Å². The van der Waals surface area contributed by atoms with Crippen molar-refractivity contribution in [1.29, 1.82) is 0 Å². The van der Waals surface area contributed by atoms with Crippen molar-refractivity contribution in [2.75, 3.05) is 13.2 Å². The van der Waals surface area contributed by atoms with E-state index in [0.29, 0.717) is 42.5 Å². The van der Waals surface area contributed by atoms with Gasteiger partial charge in [0, 0.05) is 34.4 Å². The molecule has 2 aliphatic rings. The molecule has 586 valence electrons. The number of phenolic OH excluding ortho intramolecular Hbond substituents is 23. The molecule has 8 atom stereocenters.